The van der Waals surface area contributed by atoms with Gasteiger partial charge in [0.15, 0.2) is 17.5 Å². The van der Waals surface area contributed by atoms with Crippen LogP contribution in [0.3, 0.4) is 0 Å². The van der Waals surface area contributed by atoms with E-state index in [0.29, 0.717) is 17.5 Å². The number of benzene rings is 8. The molecule has 0 radical (unpaired) electrons. The third-order valence-electron chi connectivity index (χ3n) is 9.46. The van der Waals surface area contributed by atoms with Gasteiger partial charge in [0.1, 0.15) is 11.2 Å². The molecule has 228 valence electrons. The molecule has 0 aliphatic rings. The Kier molecular flexibility index (Phi) is 6.15. The van der Waals surface area contributed by atoms with E-state index < -0.39 is 0 Å². The van der Waals surface area contributed by atoms with Crippen LogP contribution in [0, 0.1) is 0 Å². The van der Waals surface area contributed by atoms with E-state index in [1.165, 1.54) is 10.8 Å². The topological polar surface area (TPSA) is 51.8 Å². The van der Waals surface area contributed by atoms with Crippen LogP contribution in [0.1, 0.15) is 0 Å². The minimum absolute atomic E-state index is 0.599. The predicted octanol–water partition coefficient (Wildman–Crippen LogP) is 11.9. The molecule has 0 spiro atoms. The Hall–Kier alpha value is -6.65. The van der Waals surface area contributed by atoms with E-state index in [0.717, 1.165) is 71.3 Å². The van der Waals surface area contributed by atoms with Gasteiger partial charge in [-0.25, -0.2) is 15.0 Å². The average Bonchev–Trinajstić information content (AvgIpc) is 3.53. The normalized spacial score (nSPS) is 11.7. The van der Waals surface area contributed by atoms with Crippen molar-refractivity contribution < 1.29 is 4.42 Å². The number of nitrogens with zero attached hydrogens (tertiary/aromatic N) is 3. The second kappa shape index (κ2) is 11.0. The Bertz CT molecular complexity index is 2790. The van der Waals surface area contributed by atoms with E-state index in [1.54, 1.807) is 0 Å². The highest BCUT2D eigenvalue weighted by molar-refractivity contribution is 6.17. The van der Waals surface area contributed by atoms with Crippen molar-refractivity contribution in [2.75, 3.05) is 0 Å². The number of hydrogen-bond donors (Lipinski definition) is 0. The summed E-state index contributed by atoms with van der Waals surface area (Å²) in [6, 6.07) is 56.9. The summed E-state index contributed by atoms with van der Waals surface area (Å²) in [5.74, 6) is 1.84. The molecule has 0 aliphatic heterocycles. The summed E-state index contributed by atoms with van der Waals surface area (Å²) in [6.07, 6.45) is 0. The Morgan fingerprint density at radius 2 is 0.857 bits per heavy atom. The van der Waals surface area contributed by atoms with Crippen molar-refractivity contribution in [3.8, 4) is 45.3 Å². The molecule has 4 nitrogen and oxygen atoms in total. The number of hydrogen-bond acceptors (Lipinski definition) is 4. The maximum absolute atomic E-state index is 6.57. The highest BCUT2D eigenvalue weighted by Gasteiger charge is 2.22. The molecule has 2 heterocycles. The van der Waals surface area contributed by atoms with Crippen molar-refractivity contribution in [3.63, 3.8) is 0 Å². The number of fused-ring (bicyclic) bond motifs is 6. The summed E-state index contributed by atoms with van der Waals surface area (Å²) in [7, 11) is 0. The Balaban J connectivity index is 1.31. The van der Waals surface area contributed by atoms with Crippen molar-refractivity contribution in [2.45, 2.75) is 0 Å². The standard InChI is InChI=1S/C45H27N3O/c1-2-12-30(13-3-1)37-22-23-39-41(38-26-33-16-8-9-17-34(33)27-40(38)49-39)42(37)45-47-43(35-20-18-28-10-4-6-14-31(28)24-35)46-44(48-45)36-21-19-29-11-5-7-15-32(29)25-36/h1-27H. The zero-order valence-corrected chi connectivity index (χ0v) is 26.3. The van der Waals surface area contributed by atoms with Crippen LogP contribution >= 0.6 is 0 Å². The highest BCUT2D eigenvalue weighted by atomic mass is 16.3. The van der Waals surface area contributed by atoms with Crippen molar-refractivity contribution in [2.24, 2.45) is 0 Å². The van der Waals surface area contributed by atoms with Crippen molar-refractivity contribution in [1.82, 2.24) is 15.0 Å². The smallest absolute Gasteiger partial charge is 0.165 e. The Morgan fingerprint density at radius 3 is 1.47 bits per heavy atom. The second-order valence-electron chi connectivity index (χ2n) is 12.5. The van der Waals surface area contributed by atoms with Gasteiger partial charge in [0, 0.05) is 27.5 Å². The van der Waals surface area contributed by atoms with Gasteiger partial charge < -0.3 is 4.42 Å². The van der Waals surface area contributed by atoms with E-state index in [1.807, 2.05) is 6.07 Å². The Labute approximate surface area is 282 Å². The van der Waals surface area contributed by atoms with E-state index in [-0.39, 0.29) is 0 Å². The largest absolute Gasteiger partial charge is 0.456 e. The third kappa shape index (κ3) is 4.65. The van der Waals surface area contributed by atoms with Gasteiger partial charge in [0.2, 0.25) is 0 Å². The summed E-state index contributed by atoms with van der Waals surface area (Å²) in [5, 5.41) is 8.91. The maximum Gasteiger partial charge on any atom is 0.165 e. The molecule has 0 bridgehead atoms. The number of furan rings is 1. The summed E-state index contributed by atoms with van der Waals surface area (Å²) < 4.78 is 6.57. The van der Waals surface area contributed by atoms with Crippen LogP contribution in [0.15, 0.2) is 168 Å². The van der Waals surface area contributed by atoms with Crippen molar-refractivity contribution in [1.29, 1.82) is 0 Å². The summed E-state index contributed by atoms with van der Waals surface area (Å²) in [4.78, 5) is 15.7. The van der Waals surface area contributed by atoms with Crippen LogP contribution in [0.2, 0.25) is 0 Å². The lowest BCUT2D eigenvalue weighted by molar-refractivity contribution is 0.669. The molecule has 10 rings (SSSR count). The SMILES string of the molecule is c1ccc(-c2ccc3oc4cc5ccccc5cc4c3c2-c2nc(-c3ccc4ccccc4c3)nc(-c3ccc4ccccc4c3)n2)cc1. The Morgan fingerprint density at radius 1 is 0.347 bits per heavy atom. The molecule has 0 amide bonds. The quantitative estimate of drug-likeness (QED) is 0.195. The van der Waals surface area contributed by atoms with Gasteiger partial charge in [-0.2, -0.15) is 0 Å². The zero-order chi connectivity index (χ0) is 32.3. The number of rotatable bonds is 4. The molecular formula is C45H27N3O. The summed E-state index contributed by atoms with van der Waals surface area (Å²) in [5.41, 5.74) is 6.52. The fraction of sp³-hybridized carbons (Fsp3) is 0. The van der Waals surface area contributed by atoms with Crippen LogP contribution < -0.4 is 0 Å². The lowest BCUT2D eigenvalue weighted by Crippen LogP contribution is -2.01. The van der Waals surface area contributed by atoms with Crippen LogP contribution in [0.5, 0.6) is 0 Å². The van der Waals surface area contributed by atoms with E-state index >= 15 is 0 Å². The maximum atomic E-state index is 6.57. The second-order valence-corrected chi connectivity index (χ2v) is 12.5. The molecule has 2 aromatic heterocycles. The van der Waals surface area contributed by atoms with Gasteiger partial charge in [0.05, 0.1) is 0 Å². The fourth-order valence-electron chi connectivity index (χ4n) is 7.05. The molecule has 0 aliphatic carbocycles. The molecule has 0 saturated carbocycles. The van der Waals surface area contributed by atoms with Crippen LogP contribution in [-0.4, -0.2) is 15.0 Å². The minimum Gasteiger partial charge on any atom is -0.456 e. The van der Waals surface area contributed by atoms with Gasteiger partial charge in [-0.1, -0.05) is 127 Å². The molecule has 8 aromatic carbocycles. The lowest BCUT2D eigenvalue weighted by Gasteiger charge is -2.14. The molecule has 0 saturated heterocycles. The molecule has 0 atom stereocenters. The van der Waals surface area contributed by atoms with Gasteiger partial charge >= 0.3 is 0 Å². The predicted molar refractivity (Wildman–Crippen MR) is 201 cm³/mol. The van der Waals surface area contributed by atoms with Crippen LogP contribution in [-0.2, 0) is 0 Å². The summed E-state index contributed by atoms with van der Waals surface area (Å²) >= 11 is 0. The van der Waals surface area contributed by atoms with Crippen molar-refractivity contribution >= 4 is 54.3 Å². The molecule has 0 N–H and O–H groups in total. The van der Waals surface area contributed by atoms with Gasteiger partial charge in [0.25, 0.3) is 0 Å². The van der Waals surface area contributed by atoms with Gasteiger partial charge in [-0.05, 0) is 79.8 Å². The zero-order valence-electron chi connectivity index (χ0n) is 26.3. The molecular weight excluding hydrogens is 599 g/mol. The highest BCUT2D eigenvalue weighted by Crippen LogP contribution is 2.43. The van der Waals surface area contributed by atoms with Crippen LogP contribution in [0.25, 0.3) is 99.5 Å². The number of aromatic nitrogens is 3. The lowest BCUT2D eigenvalue weighted by atomic mass is 9.94. The van der Waals surface area contributed by atoms with Crippen LogP contribution in [0.4, 0.5) is 0 Å². The first-order valence-corrected chi connectivity index (χ1v) is 16.4. The monoisotopic (exact) mass is 625 g/mol. The van der Waals surface area contributed by atoms with E-state index in [4.69, 9.17) is 19.4 Å². The van der Waals surface area contributed by atoms with Crippen molar-refractivity contribution in [3.05, 3.63) is 164 Å². The van der Waals surface area contributed by atoms with Gasteiger partial charge in [-0.15, -0.1) is 0 Å². The van der Waals surface area contributed by atoms with E-state index in [9.17, 15) is 0 Å². The third-order valence-corrected chi connectivity index (χ3v) is 9.46. The molecule has 4 heteroatoms. The first-order chi connectivity index (χ1) is 24.2. The average molecular weight is 626 g/mol. The molecule has 10 aromatic rings. The van der Waals surface area contributed by atoms with E-state index in [2.05, 4.69) is 158 Å². The summed E-state index contributed by atoms with van der Waals surface area (Å²) in [6.45, 7) is 0. The minimum atomic E-state index is 0.599. The fourth-order valence-corrected chi connectivity index (χ4v) is 7.05. The molecule has 49 heavy (non-hydrogen) atoms. The van der Waals surface area contributed by atoms with Gasteiger partial charge in [-0.3, -0.25) is 0 Å². The first kappa shape index (κ1) is 27.5. The molecule has 0 unspecified atom stereocenters. The molecule has 0 fully saturated rings. The first-order valence-electron chi connectivity index (χ1n) is 16.4.